The molecule has 240 valence electrons. The minimum Gasteiger partial charge on any atom is -0.465 e. The largest absolute Gasteiger partial charge is 0.465 e. The monoisotopic (exact) mass is 629 g/mol. The van der Waals surface area contributed by atoms with Gasteiger partial charge in [0, 0.05) is 24.7 Å². The van der Waals surface area contributed by atoms with Gasteiger partial charge < -0.3 is 25.3 Å². The summed E-state index contributed by atoms with van der Waals surface area (Å²) in [7, 11) is 1.48. The van der Waals surface area contributed by atoms with Crippen LogP contribution in [0.15, 0.2) is 60.8 Å². The maximum absolute atomic E-state index is 13.8. The normalized spacial score (nSPS) is 26.5. The summed E-state index contributed by atoms with van der Waals surface area (Å²) < 4.78 is 0. The fraction of sp³-hybridized carbons (Fsp3) is 0.405. The Kier molecular flexibility index (Phi) is 6.31. The van der Waals surface area contributed by atoms with Crippen LogP contribution in [0, 0.1) is 17.8 Å². The van der Waals surface area contributed by atoms with Crippen LogP contribution in [0.5, 0.6) is 0 Å². The van der Waals surface area contributed by atoms with E-state index >= 15 is 0 Å². The average molecular weight is 630 g/mol. The van der Waals surface area contributed by atoms with Crippen molar-refractivity contribution in [1.82, 2.24) is 35.1 Å². The lowest BCUT2D eigenvalue weighted by atomic mass is 9.99. The Morgan fingerprint density at radius 3 is 2.38 bits per heavy atom. The highest BCUT2D eigenvalue weighted by Gasteiger charge is 2.56. The molecule has 4 N–H and O–H groups in total. The third-order valence-electron chi connectivity index (χ3n) is 11.1. The molecule has 0 radical (unpaired) electrons. The van der Waals surface area contributed by atoms with Gasteiger partial charge in [0.2, 0.25) is 5.91 Å². The second-order valence-electron chi connectivity index (χ2n) is 14.5. The summed E-state index contributed by atoms with van der Waals surface area (Å²) in [6, 6.07) is 19.7. The van der Waals surface area contributed by atoms with Crippen LogP contribution in [0.25, 0.3) is 44.2 Å². The average Bonchev–Trinajstić information content (AvgIpc) is 3.65. The maximum Gasteiger partial charge on any atom is 0.407 e. The molecule has 0 unspecified atom stereocenters. The number of amides is 2. The molecule has 4 heterocycles. The number of carbonyl (C=O) groups is 2. The molecule has 2 aromatic heterocycles. The van der Waals surface area contributed by atoms with Gasteiger partial charge in [-0.2, -0.15) is 0 Å². The number of piperidine rings is 2. The summed E-state index contributed by atoms with van der Waals surface area (Å²) in [6.07, 6.45) is 5.05. The van der Waals surface area contributed by atoms with Crippen LogP contribution in [0.4, 0.5) is 4.79 Å². The number of imidazole rings is 2. The Labute approximate surface area is 272 Å². The summed E-state index contributed by atoms with van der Waals surface area (Å²) in [5.74, 6) is 2.81. The second-order valence-corrected chi connectivity index (χ2v) is 14.5. The maximum atomic E-state index is 13.8. The van der Waals surface area contributed by atoms with E-state index in [1.165, 1.54) is 19.9 Å². The van der Waals surface area contributed by atoms with Crippen molar-refractivity contribution in [2.75, 3.05) is 7.05 Å². The molecule has 0 bridgehead atoms. The first-order valence-corrected chi connectivity index (χ1v) is 16.8. The molecular formula is C37H39N7O3. The van der Waals surface area contributed by atoms with Crippen LogP contribution < -0.4 is 5.32 Å². The number of fused-ring (bicyclic) bond motifs is 4. The smallest absolute Gasteiger partial charge is 0.407 e. The van der Waals surface area contributed by atoms with E-state index in [1.807, 2.05) is 24.9 Å². The number of hydrogen-bond donors (Lipinski definition) is 4. The third kappa shape index (κ3) is 4.80. The quantitative estimate of drug-likeness (QED) is 0.163. The summed E-state index contributed by atoms with van der Waals surface area (Å²) in [6.45, 7) is 3.80. The standard InChI is InChI=1S/C37H39N7O3/c1-18(2)33(43(3)37(46)47)36(45)44-31-15-25(31)16-32(44)35-38-17-30(42-35)23-7-6-19-10-20(4-5-21(19)11-23)22-8-9-26-28(12-22)41-34(40-26)29-14-24-13-27(24)39-29/h4-12,17-18,24-25,27,29,31-33,39H,13-16H2,1-3H3,(H,38,42)(H,40,41)(H,46,47)/t24-,25+,27+,29-,31+,32-,33-/m0/s1. The van der Waals surface area contributed by atoms with Gasteiger partial charge >= 0.3 is 6.09 Å². The van der Waals surface area contributed by atoms with Gasteiger partial charge in [-0.1, -0.05) is 44.2 Å². The predicted molar refractivity (Wildman–Crippen MR) is 180 cm³/mol. The van der Waals surface area contributed by atoms with Gasteiger partial charge in [-0.3, -0.25) is 9.69 Å². The van der Waals surface area contributed by atoms with E-state index in [0.717, 1.165) is 79.5 Å². The van der Waals surface area contributed by atoms with Crippen LogP contribution in [-0.2, 0) is 4.79 Å². The van der Waals surface area contributed by atoms with Crippen molar-refractivity contribution >= 4 is 33.8 Å². The zero-order valence-electron chi connectivity index (χ0n) is 26.8. The summed E-state index contributed by atoms with van der Waals surface area (Å²) in [4.78, 5) is 45.4. The lowest BCUT2D eigenvalue weighted by molar-refractivity contribution is -0.139. The Balaban J connectivity index is 0.952. The highest BCUT2D eigenvalue weighted by molar-refractivity contribution is 5.92. The minimum atomic E-state index is -1.09. The molecule has 2 aliphatic carbocycles. The van der Waals surface area contributed by atoms with Crippen molar-refractivity contribution in [1.29, 1.82) is 0 Å². The molecule has 47 heavy (non-hydrogen) atoms. The Hall–Kier alpha value is -4.70. The fourth-order valence-electron chi connectivity index (χ4n) is 8.34. The van der Waals surface area contributed by atoms with E-state index in [2.05, 4.69) is 69.9 Å². The van der Waals surface area contributed by atoms with Crippen LogP contribution in [-0.4, -0.2) is 72.0 Å². The number of aromatic nitrogens is 4. The number of rotatable bonds is 7. The number of hydrogen-bond acceptors (Lipinski definition) is 5. The van der Waals surface area contributed by atoms with Gasteiger partial charge in [0.15, 0.2) is 0 Å². The molecule has 2 aliphatic heterocycles. The fourth-order valence-corrected chi connectivity index (χ4v) is 8.34. The lowest BCUT2D eigenvalue weighted by Gasteiger charge is -2.35. The molecule has 7 atom stereocenters. The van der Waals surface area contributed by atoms with E-state index in [0.29, 0.717) is 18.0 Å². The van der Waals surface area contributed by atoms with E-state index in [9.17, 15) is 14.7 Å². The molecule has 10 heteroatoms. The summed E-state index contributed by atoms with van der Waals surface area (Å²) in [5, 5.41) is 15.6. The zero-order valence-corrected chi connectivity index (χ0v) is 26.8. The molecule has 2 amide bonds. The number of likely N-dealkylation sites (tertiary alicyclic amines) is 1. The van der Waals surface area contributed by atoms with Gasteiger partial charge in [0.1, 0.15) is 17.7 Å². The molecule has 0 spiro atoms. The van der Waals surface area contributed by atoms with Gasteiger partial charge in [-0.15, -0.1) is 0 Å². The molecule has 9 rings (SSSR count). The number of likely N-dealkylation sites (N-methyl/N-ethyl adjacent to an activating group) is 1. The Morgan fingerprint density at radius 2 is 1.64 bits per heavy atom. The third-order valence-corrected chi connectivity index (χ3v) is 11.1. The van der Waals surface area contributed by atoms with E-state index < -0.39 is 12.1 Å². The molecule has 3 aromatic carbocycles. The van der Waals surface area contributed by atoms with Crippen molar-refractivity contribution in [3.8, 4) is 22.4 Å². The lowest BCUT2D eigenvalue weighted by Crippen LogP contribution is -2.52. The Bertz CT molecular complexity index is 2060. The second kappa shape index (κ2) is 10.4. The van der Waals surface area contributed by atoms with Gasteiger partial charge in [0.05, 0.1) is 35.0 Å². The Morgan fingerprint density at radius 1 is 0.894 bits per heavy atom. The molecule has 2 saturated heterocycles. The van der Waals surface area contributed by atoms with Crippen LogP contribution in [0.1, 0.15) is 63.3 Å². The molecule has 5 aromatic rings. The van der Waals surface area contributed by atoms with E-state index in [-0.39, 0.29) is 23.9 Å². The van der Waals surface area contributed by atoms with Crippen LogP contribution >= 0.6 is 0 Å². The summed E-state index contributed by atoms with van der Waals surface area (Å²) >= 11 is 0. The number of carboxylic acid groups (broad SMARTS) is 1. The number of aromatic amines is 2. The van der Waals surface area contributed by atoms with Crippen molar-refractivity contribution in [3.63, 3.8) is 0 Å². The van der Waals surface area contributed by atoms with Crippen LogP contribution in [0.2, 0.25) is 0 Å². The van der Waals surface area contributed by atoms with E-state index in [4.69, 9.17) is 9.97 Å². The molecule has 4 fully saturated rings. The van der Waals surface area contributed by atoms with Gasteiger partial charge in [0.25, 0.3) is 0 Å². The van der Waals surface area contributed by atoms with E-state index in [1.54, 1.807) is 0 Å². The SMILES string of the molecule is CC(C)[C@@H](C(=O)N1[C@@H]2C[C@@H]2C[C@H]1c1ncc(-c2ccc3cc(-c4ccc5nc([C@@H]6C[C@@H]7C[C@H]7N6)[nH]c5c4)ccc3c2)[nH]1)N(C)C(=O)O. The number of nitrogens with one attached hydrogen (secondary N) is 3. The summed E-state index contributed by atoms with van der Waals surface area (Å²) in [5.41, 5.74) is 6.31. The van der Waals surface area contributed by atoms with Crippen molar-refractivity contribution < 1.29 is 14.7 Å². The predicted octanol–water partition coefficient (Wildman–Crippen LogP) is 6.49. The first kappa shape index (κ1) is 28.5. The first-order chi connectivity index (χ1) is 22.7. The number of nitrogens with zero attached hydrogens (tertiary/aromatic N) is 4. The number of carbonyl (C=O) groups excluding carboxylic acids is 1. The highest BCUT2D eigenvalue weighted by atomic mass is 16.4. The topological polar surface area (TPSA) is 130 Å². The first-order valence-electron chi connectivity index (χ1n) is 16.8. The van der Waals surface area contributed by atoms with Crippen LogP contribution in [0.3, 0.4) is 0 Å². The van der Waals surface area contributed by atoms with Gasteiger partial charge in [-0.05, 0) is 89.6 Å². The zero-order chi connectivity index (χ0) is 32.1. The molecule has 10 nitrogen and oxygen atoms in total. The molecule has 2 saturated carbocycles. The van der Waals surface area contributed by atoms with Gasteiger partial charge in [-0.25, -0.2) is 14.8 Å². The van der Waals surface area contributed by atoms with Crippen molar-refractivity contribution in [2.24, 2.45) is 17.8 Å². The number of benzene rings is 3. The minimum absolute atomic E-state index is 0.131. The molecular weight excluding hydrogens is 590 g/mol. The van der Waals surface area contributed by atoms with Crippen molar-refractivity contribution in [3.05, 3.63) is 72.4 Å². The highest BCUT2D eigenvalue weighted by Crippen LogP contribution is 2.53. The number of H-pyrrole nitrogens is 2. The van der Waals surface area contributed by atoms with Crippen molar-refractivity contribution in [2.45, 2.75) is 69.7 Å². The molecule has 4 aliphatic rings.